The summed E-state index contributed by atoms with van der Waals surface area (Å²) in [4.78, 5) is 16.4. The maximum atomic E-state index is 12.0. The predicted octanol–water partition coefficient (Wildman–Crippen LogP) is 4.32. The van der Waals surface area contributed by atoms with E-state index in [9.17, 15) is 4.79 Å². The van der Waals surface area contributed by atoms with E-state index in [1.54, 1.807) is 6.08 Å². The second-order valence-corrected chi connectivity index (χ2v) is 5.92. The maximum Gasteiger partial charge on any atom is 0.363 e. The molecule has 0 aliphatic carbocycles. The number of aliphatic imine (C=N–C) groups is 1. The summed E-state index contributed by atoms with van der Waals surface area (Å²) < 4.78 is 10.8. The van der Waals surface area contributed by atoms with Gasteiger partial charge in [0, 0.05) is 6.42 Å². The fraction of sp³-hybridized carbons (Fsp3) is 0.238. The van der Waals surface area contributed by atoms with Gasteiger partial charge in [-0.25, -0.2) is 9.79 Å². The Kier molecular flexibility index (Phi) is 5.29. The summed E-state index contributed by atoms with van der Waals surface area (Å²) in [5, 5.41) is 0. The minimum atomic E-state index is -0.402. The van der Waals surface area contributed by atoms with Gasteiger partial charge >= 0.3 is 5.97 Å². The van der Waals surface area contributed by atoms with Gasteiger partial charge in [0.15, 0.2) is 11.6 Å². The molecule has 2 aromatic rings. The van der Waals surface area contributed by atoms with Crippen molar-refractivity contribution in [2.75, 3.05) is 6.61 Å². The van der Waals surface area contributed by atoms with E-state index in [1.165, 1.54) is 11.1 Å². The molecule has 0 N–H and O–H groups in total. The molecule has 0 unspecified atom stereocenters. The van der Waals surface area contributed by atoms with Crippen LogP contribution in [0, 0.1) is 6.92 Å². The second kappa shape index (κ2) is 7.79. The van der Waals surface area contributed by atoms with Crippen LogP contribution < -0.4 is 4.74 Å². The third-order valence-corrected chi connectivity index (χ3v) is 3.85. The van der Waals surface area contributed by atoms with E-state index in [0.717, 1.165) is 17.7 Å². The number of esters is 1. The zero-order valence-corrected chi connectivity index (χ0v) is 14.5. The highest BCUT2D eigenvalue weighted by Crippen LogP contribution is 2.20. The van der Waals surface area contributed by atoms with Gasteiger partial charge in [0.25, 0.3) is 0 Å². The van der Waals surface area contributed by atoms with Crippen molar-refractivity contribution >= 4 is 17.9 Å². The number of benzene rings is 2. The van der Waals surface area contributed by atoms with E-state index in [1.807, 2.05) is 37.3 Å². The molecule has 2 aromatic carbocycles. The van der Waals surface area contributed by atoms with Crippen LogP contribution >= 0.6 is 0 Å². The second-order valence-electron chi connectivity index (χ2n) is 5.92. The Hall–Kier alpha value is -2.88. The van der Waals surface area contributed by atoms with Crippen molar-refractivity contribution in [3.05, 3.63) is 70.9 Å². The van der Waals surface area contributed by atoms with E-state index >= 15 is 0 Å². The number of aryl methyl sites for hydroxylation is 2. The third-order valence-electron chi connectivity index (χ3n) is 3.85. The van der Waals surface area contributed by atoms with E-state index in [-0.39, 0.29) is 0 Å². The van der Waals surface area contributed by atoms with Crippen LogP contribution in [-0.4, -0.2) is 18.5 Å². The molecule has 0 saturated carbocycles. The van der Waals surface area contributed by atoms with Crippen LogP contribution in [0.5, 0.6) is 5.75 Å². The summed E-state index contributed by atoms with van der Waals surface area (Å²) in [5.41, 5.74) is 3.62. The van der Waals surface area contributed by atoms with Gasteiger partial charge in [0.05, 0.1) is 6.61 Å². The Morgan fingerprint density at radius 1 is 1.12 bits per heavy atom. The lowest BCUT2D eigenvalue weighted by Crippen LogP contribution is -2.05. The molecule has 0 atom stereocenters. The molecule has 1 aliphatic heterocycles. The van der Waals surface area contributed by atoms with Crippen molar-refractivity contribution in [2.24, 2.45) is 4.99 Å². The fourth-order valence-corrected chi connectivity index (χ4v) is 2.70. The van der Waals surface area contributed by atoms with Gasteiger partial charge in [0.2, 0.25) is 0 Å². The first-order valence-corrected chi connectivity index (χ1v) is 8.44. The number of hydrogen-bond donors (Lipinski definition) is 0. The Morgan fingerprint density at radius 3 is 2.76 bits per heavy atom. The molecule has 1 aliphatic rings. The van der Waals surface area contributed by atoms with E-state index < -0.39 is 5.97 Å². The molecule has 128 valence electrons. The molecule has 0 bridgehead atoms. The molecule has 3 rings (SSSR count). The highest BCUT2D eigenvalue weighted by atomic mass is 16.6. The zero-order chi connectivity index (χ0) is 17.6. The van der Waals surface area contributed by atoms with Crippen LogP contribution in [0.15, 0.2) is 59.2 Å². The molecule has 4 heteroatoms. The normalized spacial score (nSPS) is 15.2. The maximum absolute atomic E-state index is 12.0. The van der Waals surface area contributed by atoms with Crippen LogP contribution in [0.2, 0.25) is 0 Å². The molecule has 25 heavy (non-hydrogen) atoms. The van der Waals surface area contributed by atoms with Crippen LogP contribution in [0.1, 0.15) is 30.0 Å². The Labute approximate surface area is 147 Å². The van der Waals surface area contributed by atoms with Crippen LogP contribution in [0.25, 0.3) is 6.08 Å². The molecule has 0 aromatic heterocycles. The van der Waals surface area contributed by atoms with Gasteiger partial charge < -0.3 is 9.47 Å². The smallest absolute Gasteiger partial charge is 0.363 e. The van der Waals surface area contributed by atoms with Gasteiger partial charge in [-0.3, -0.25) is 0 Å². The van der Waals surface area contributed by atoms with Gasteiger partial charge in [-0.1, -0.05) is 42.0 Å². The summed E-state index contributed by atoms with van der Waals surface area (Å²) >= 11 is 0. The number of carbonyl (C=O) groups excluding carboxylic acids is 1. The number of nitrogens with zero attached hydrogens (tertiary/aromatic N) is 1. The fourth-order valence-electron chi connectivity index (χ4n) is 2.70. The Bertz CT molecular complexity index is 837. The predicted molar refractivity (Wildman–Crippen MR) is 98.6 cm³/mol. The van der Waals surface area contributed by atoms with E-state index in [2.05, 4.69) is 30.1 Å². The molecule has 0 spiro atoms. The average molecular weight is 335 g/mol. The van der Waals surface area contributed by atoms with Crippen molar-refractivity contribution in [2.45, 2.75) is 26.7 Å². The van der Waals surface area contributed by atoms with Gasteiger partial charge in [-0.05, 0) is 49.6 Å². The first-order valence-electron chi connectivity index (χ1n) is 8.44. The third kappa shape index (κ3) is 4.57. The molecule has 0 saturated heterocycles. The topological polar surface area (TPSA) is 47.9 Å². The van der Waals surface area contributed by atoms with Gasteiger partial charge in [-0.2, -0.15) is 0 Å². The molecular formula is C21H21NO3. The standard InChI is InChI=1S/C21H21NO3/c1-3-24-18-9-5-8-17(13-18)14-19-21(23)25-20(22-19)11-10-16-7-4-6-15(2)12-16/h4-9,12-14H,3,10-11H2,1-2H3/b19-14+. The number of rotatable bonds is 6. The van der Waals surface area contributed by atoms with Crippen molar-refractivity contribution < 1.29 is 14.3 Å². The minimum absolute atomic E-state index is 0.327. The number of hydrogen-bond acceptors (Lipinski definition) is 4. The number of carbonyl (C=O) groups is 1. The quantitative estimate of drug-likeness (QED) is 0.583. The SMILES string of the molecule is CCOc1cccc(/C=C2/N=C(CCc3cccc(C)c3)OC2=O)c1. The van der Waals surface area contributed by atoms with Gasteiger partial charge in [0.1, 0.15) is 5.75 Å². The Balaban J connectivity index is 1.70. The summed E-state index contributed by atoms with van der Waals surface area (Å²) in [7, 11) is 0. The van der Waals surface area contributed by atoms with Crippen LogP contribution in [-0.2, 0) is 16.0 Å². The van der Waals surface area contributed by atoms with Crippen molar-refractivity contribution in [1.29, 1.82) is 0 Å². The minimum Gasteiger partial charge on any atom is -0.494 e. The Morgan fingerprint density at radius 2 is 1.96 bits per heavy atom. The van der Waals surface area contributed by atoms with Crippen LogP contribution in [0.3, 0.4) is 0 Å². The summed E-state index contributed by atoms with van der Waals surface area (Å²) in [6.07, 6.45) is 3.12. The summed E-state index contributed by atoms with van der Waals surface area (Å²) in [6.45, 7) is 4.60. The molecular weight excluding hydrogens is 314 g/mol. The molecule has 0 fully saturated rings. The van der Waals surface area contributed by atoms with Crippen molar-refractivity contribution in [1.82, 2.24) is 0 Å². The van der Waals surface area contributed by atoms with Crippen molar-refractivity contribution in [3.8, 4) is 5.75 Å². The monoisotopic (exact) mass is 335 g/mol. The first kappa shape index (κ1) is 17.0. The van der Waals surface area contributed by atoms with E-state index in [4.69, 9.17) is 9.47 Å². The average Bonchev–Trinajstić information content (AvgIpc) is 2.94. The highest BCUT2D eigenvalue weighted by molar-refractivity contribution is 6.07. The lowest BCUT2D eigenvalue weighted by atomic mass is 10.1. The summed E-state index contributed by atoms with van der Waals surface area (Å²) in [6, 6.07) is 15.9. The summed E-state index contributed by atoms with van der Waals surface area (Å²) in [5.74, 6) is 0.839. The van der Waals surface area contributed by atoms with E-state index in [0.29, 0.717) is 24.6 Å². The van der Waals surface area contributed by atoms with Crippen molar-refractivity contribution in [3.63, 3.8) is 0 Å². The van der Waals surface area contributed by atoms with Gasteiger partial charge in [-0.15, -0.1) is 0 Å². The highest BCUT2D eigenvalue weighted by Gasteiger charge is 2.22. The number of cyclic esters (lactones) is 1. The zero-order valence-electron chi connectivity index (χ0n) is 14.5. The molecule has 1 heterocycles. The first-order chi connectivity index (χ1) is 12.1. The lowest BCUT2D eigenvalue weighted by molar-refractivity contribution is -0.130. The largest absolute Gasteiger partial charge is 0.494 e. The lowest BCUT2D eigenvalue weighted by Gasteiger charge is -2.03. The molecule has 0 amide bonds. The number of ether oxygens (including phenoxy) is 2. The molecule has 0 radical (unpaired) electrons. The molecule has 4 nitrogen and oxygen atoms in total. The van der Waals surface area contributed by atoms with Crippen LogP contribution in [0.4, 0.5) is 0 Å².